The van der Waals surface area contributed by atoms with Gasteiger partial charge in [0, 0.05) is 37.9 Å². The Bertz CT molecular complexity index is 803. The van der Waals surface area contributed by atoms with Gasteiger partial charge in [-0.05, 0) is 62.9 Å². The van der Waals surface area contributed by atoms with Gasteiger partial charge in [-0.3, -0.25) is 9.89 Å². The number of benzene rings is 1. The lowest BCUT2D eigenvalue weighted by atomic mass is 9.96. The zero-order chi connectivity index (χ0) is 21.2. The van der Waals surface area contributed by atoms with E-state index in [-0.39, 0.29) is 5.82 Å². The highest BCUT2D eigenvalue weighted by Crippen LogP contribution is 2.20. The molecule has 5 nitrogen and oxygen atoms in total. The van der Waals surface area contributed by atoms with Gasteiger partial charge in [-0.15, -0.1) is 0 Å². The summed E-state index contributed by atoms with van der Waals surface area (Å²) in [6.07, 6.45) is 4.85. The number of piperidine rings is 1. The van der Waals surface area contributed by atoms with Crippen LogP contribution in [-0.2, 0) is 13.0 Å². The minimum absolute atomic E-state index is 0.111. The predicted molar refractivity (Wildman–Crippen MR) is 121 cm³/mol. The van der Waals surface area contributed by atoms with Crippen molar-refractivity contribution < 1.29 is 4.39 Å². The highest BCUT2D eigenvalue weighted by atomic mass is 35.5. The first kappa shape index (κ1) is 22.5. The van der Waals surface area contributed by atoms with Crippen molar-refractivity contribution in [1.29, 1.82) is 0 Å². The monoisotopic (exact) mass is 431 g/mol. The average molecular weight is 432 g/mol. The van der Waals surface area contributed by atoms with Gasteiger partial charge in [-0.1, -0.05) is 35.9 Å². The maximum Gasteiger partial charge on any atom is 0.191 e. The number of aromatic nitrogens is 1. The molecule has 1 saturated heterocycles. The van der Waals surface area contributed by atoms with E-state index in [9.17, 15) is 4.39 Å². The van der Waals surface area contributed by atoms with Gasteiger partial charge in [-0.25, -0.2) is 9.37 Å². The van der Waals surface area contributed by atoms with Crippen LogP contribution in [0.1, 0.15) is 30.9 Å². The van der Waals surface area contributed by atoms with E-state index < -0.39 is 0 Å². The van der Waals surface area contributed by atoms with E-state index in [0.717, 1.165) is 69.1 Å². The fourth-order valence-corrected chi connectivity index (χ4v) is 3.75. The molecule has 0 saturated carbocycles. The minimum atomic E-state index is -0.111. The second kappa shape index (κ2) is 11.9. The van der Waals surface area contributed by atoms with Gasteiger partial charge in [0.15, 0.2) is 5.96 Å². The fraction of sp³-hybridized carbons (Fsp3) is 0.478. The fourth-order valence-electron chi connectivity index (χ4n) is 3.64. The Morgan fingerprint density at radius 3 is 2.70 bits per heavy atom. The lowest BCUT2D eigenvalue weighted by Gasteiger charge is -2.31. The van der Waals surface area contributed by atoms with Gasteiger partial charge in [0.1, 0.15) is 11.0 Å². The van der Waals surface area contributed by atoms with Gasteiger partial charge in [0.25, 0.3) is 0 Å². The van der Waals surface area contributed by atoms with Crippen LogP contribution < -0.4 is 10.6 Å². The molecule has 7 heteroatoms. The molecule has 1 fully saturated rings. The quantitative estimate of drug-likeness (QED) is 0.378. The molecule has 162 valence electrons. The third kappa shape index (κ3) is 7.26. The number of nitrogens with one attached hydrogen (secondary N) is 2. The van der Waals surface area contributed by atoms with Crippen LogP contribution in [0.2, 0.25) is 5.15 Å². The highest BCUT2D eigenvalue weighted by molar-refractivity contribution is 6.29. The Morgan fingerprint density at radius 1 is 1.20 bits per heavy atom. The van der Waals surface area contributed by atoms with Crippen LogP contribution in [0.3, 0.4) is 0 Å². The predicted octanol–water partition coefficient (Wildman–Crippen LogP) is 3.88. The van der Waals surface area contributed by atoms with E-state index in [1.165, 1.54) is 6.07 Å². The van der Waals surface area contributed by atoms with Crippen molar-refractivity contribution in [1.82, 2.24) is 20.5 Å². The van der Waals surface area contributed by atoms with Gasteiger partial charge in [-0.2, -0.15) is 0 Å². The molecule has 1 aromatic heterocycles. The number of hydrogen-bond donors (Lipinski definition) is 2. The summed E-state index contributed by atoms with van der Waals surface area (Å²) in [7, 11) is 0. The molecule has 2 heterocycles. The first-order valence-corrected chi connectivity index (χ1v) is 11.1. The van der Waals surface area contributed by atoms with Gasteiger partial charge in [0.05, 0.1) is 0 Å². The van der Waals surface area contributed by atoms with Crippen LogP contribution in [0.15, 0.2) is 47.6 Å². The van der Waals surface area contributed by atoms with Crippen molar-refractivity contribution in [3.8, 4) is 0 Å². The normalized spacial score (nSPS) is 15.9. The molecule has 0 spiro atoms. The van der Waals surface area contributed by atoms with Gasteiger partial charge in [0.2, 0.25) is 0 Å². The molecule has 0 bridgehead atoms. The average Bonchev–Trinajstić information content (AvgIpc) is 2.76. The minimum Gasteiger partial charge on any atom is -0.357 e. The lowest BCUT2D eigenvalue weighted by Crippen LogP contribution is -2.39. The van der Waals surface area contributed by atoms with Crippen LogP contribution in [0.5, 0.6) is 0 Å². The molecule has 0 atom stereocenters. The van der Waals surface area contributed by atoms with E-state index in [4.69, 9.17) is 16.6 Å². The van der Waals surface area contributed by atoms with Crippen LogP contribution in [0.4, 0.5) is 4.39 Å². The molecule has 30 heavy (non-hydrogen) atoms. The Morgan fingerprint density at radius 2 is 2.00 bits per heavy atom. The molecule has 0 unspecified atom stereocenters. The second-order valence-electron chi connectivity index (χ2n) is 7.70. The number of aliphatic imine (C=N–C) groups is 1. The molecular formula is C23H31ClFN5. The number of nitrogens with zero attached hydrogens (tertiary/aromatic N) is 3. The SMILES string of the molecule is CCNC(=NCC1CCN(Cc2ccccc2F)CC1)NCCc1ccc(Cl)nc1. The standard InChI is InChI=1S/C23H31ClFN5/c1-2-26-23(27-12-9-18-7-8-22(24)28-15-18)29-16-19-10-13-30(14-11-19)17-20-5-3-4-6-21(20)25/h3-8,15,19H,2,9-14,16-17H2,1H3,(H2,26,27,29). The van der Waals surface area contributed by atoms with Crippen molar-refractivity contribution in [2.75, 3.05) is 32.7 Å². The molecule has 2 N–H and O–H groups in total. The number of pyridine rings is 1. The Labute approximate surface area is 183 Å². The molecule has 1 aliphatic heterocycles. The van der Waals surface area contributed by atoms with E-state index in [0.29, 0.717) is 17.6 Å². The van der Waals surface area contributed by atoms with Crippen LogP contribution >= 0.6 is 11.6 Å². The van der Waals surface area contributed by atoms with Crippen molar-refractivity contribution in [2.45, 2.75) is 32.7 Å². The van der Waals surface area contributed by atoms with E-state index in [2.05, 4.69) is 27.4 Å². The molecule has 3 rings (SSSR count). The number of likely N-dealkylation sites (tertiary alicyclic amines) is 1. The Kier molecular flexibility index (Phi) is 8.90. The summed E-state index contributed by atoms with van der Waals surface area (Å²) < 4.78 is 13.9. The van der Waals surface area contributed by atoms with Crippen LogP contribution in [0.25, 0.3) is 0 Å². The first-order chi connectivity index (χ1) is 14.6. The summed E-state index contributed by atoms with van der Waals surface area (Å²) in [5, 5.41) is 7.23. The highest BCUT2D eigenvalue weighted by Gasteiger charge is 2.20. The smallest absolute Gasteiger partial charge is 0.191 e. The third-order valence-corrected chi connectivity index (χ3v) is 5.63. The second-order valence-corrected chi connectivity index (χ2v) is 8.08. The van der Waals surface area contributed by atoms with Gasteiger partial charge < -0.3 is 10.6 Å². The van der Waals surface area contributed by atoms with E-state index in [1.807, 2.05) is 30.5 Å². The summed E-state index contributed by atoms with van der Waals surface area (Å²) in [6, 6.07) is 10.9. The Hall–Kier alpha value is -2.18. The molecule has 1 aromatic carbocycles. The zero-order valence-corrected chi connectivity index (χ0v) is 18.3. The summed E-state index contributed by atoms with van der Waals surface area (Å²) >= 11 is 5.83. The van der Waals surface area contributed by atoms with Crippen LogP contribution in [0, 0.1) is 11.7 Å². The summed E-state index contributed by atoms with van der Waals surface area (Å²) in [5.74, 6) is 1.31. The zero-order valence-electron chi connectivity index (χ0n) is 17.6. The number of guanidine groups is 1. The topological polar surface area (TPSA) is 52.6 Å². The molecule has 0 radical (unpaired) electrons. The van der Waals surface area contributed by atoms with E-state index in [1.54, 1.807) is 6.07 Å². The van der Waals surface area contributed by atoms with Crippen molar-refractivity contribution in [3.63, 3.8) is 0 Å². The molecule has 2 aromatic rings. The van der Waals surface area contributed by atoms with Crippen molar-refractivity contribution in [3.05, 3.63) is 64.7 Å². The van der Waals surface area contributed by atoms with Crippen molar-refractivity contribution >= 4 is 17.6 Å². The molecule has 0 amide bonds. The number of hydrogen-bond acceptors (Lipinski definition) is 3. The summed E-state index contributed by atoms with van der Waals surface area (Å²) in [6.45, 7) is 7.16. The lowest BCUT2D eigenvalue weighted by molar-refractivity contribution is 0.179. The molecule has 1 aliphatic rings. The van der Waals surface area contributed by atoms with Gasteiger partial charge >= 0.3 is 0 Å². The van der Waals surface area contributed by atoms with Crippen LogP contribution in [-0.4, -0.2) is 48.6 Å². The van der Waals surface area contributed by atoms with E-state index >= 15 is 0 Å². The molecule has 0 aliphatic carbocycles. The maximum absolute atomic E-state index is 13.9. The first-order valence-electron chi connectivity index (χ1n) is 10.7. The number of halogens is 2. The third-order valence-electron chi connectivity index (χ3n) is 5.41. The van der Waals surface area contributed by atoms with Crippen molar-refractivity contribution in [2.24, 2.45) is 10.9 Å². The number of rotatable bonds is 8. The maximum atomic E-state index is 13.9. The summed E-state index contributed by atoms with van der Waals surface area (Å²) in [4.78, 5) is 11.2. The largest absolute Gasteiger partial charge is 0.357 e. The summed E-state index contributed by atoms with van der Waals surface area (Å²) in [5.41, 5.74) is 1.92. The molecular weight excluding hydrogens is 401 g/mol. The Balaban J connectivity index is 1.41.